The highest BCUT2D eigenvalue weighted by Gasteiger charge is 2.20. The minimum Gasteiger partial charge on any atom is -0.329 e. The molecule has 0 spiro atoms. The summed E-state index contributed by atoms with van der Waals surface area (Å²) < 4.78 is 1.14. The van der Waals surface area contributed by atoms with Crippen LogP contribution in [0.5, 0.6) is 0 Å². The molecule has 0 radical (unpaired) electrons. The molecule has 1 unspecified atom stereocenters. The number of likely N-dealkylation sites (N-methyl/N-ethyl adjacent to an activating group) is 1. The van der Waals surface area contributed by atoms with E-state index >= 15 is 0 Å². The number of hydrogen-bond acceptors (Lipinski definition) is 2. The largest absolute Gasteiger partial charge is 0.329 e. The van der Waals surface area contributed by atoms with E-state index < -0.39 is 0 Å². The van der Waals surface area contributed by atoms with Crippen LogP contribution in [0.2, 0.25) is 0 Å². The number of aryl methyl sites for hydroxylation is 1. The predicted octanol–water partition coefficient (Wildman–Crippen LogP) is 4.28. The first-order valence-electron chi connectivity index (χ1n) is 7.39. The molecule has 0 aliphatic rings. The van der Waals surface area contributed by atoms with E-state index in [0.717, 1.165) is 17.6 Å². The molecule has 112 valence electrons. The monoisotopic (exact) mass is 346 g/mol. The van der Waals surface area contributed by atoms with Gasteiger partial charge in [0, 0.05) is 23.6 Å². The Morgan fingerprint density at radius 1 is 1.14 bits per heavy atom. The van der Waals surface area contributed by atoms with Gasteiger partial charge in [-0.1, -0.05) is 65.3 Å². The smallest absolute Gasteiger partial charge is 0.0485 e. The Kier molecular flexibility index (Phi) is 5.97. The van der Waals surface area contributed by atoms with E-state index in [0.29, 0.717) is 6.54 Å². The minimum absolute atomic E-state index is 0.227. The summed E-state index contributed by atoms with van der Waals surface area (Å²) in [4.78, 5) is 2.42. The maximum Gasteiger partial charge on any atom is 0.0485 e. The first-order valence-corrected chi connectivity index (χ1v) is 8.19. The SMILES string of the molecule is CCN(Cc1ccccc1)C(CN)c1ccc(C)cc1Br. The number of halogens is 1. The summed E-state index contributed by atoms with van der Waals surface area (Å²) >= 11 is 3.69. The van der Waals surface area contributed by atoms with Crippen LogP contribution in [0.4, 0.5) is 0 Å². The van der Waals surface area contributed by atoms with Gasteiger partial charge in [-0.25, -0.2) is 0 Å². The van der Waals surface area contributed by atoms with E-state index in [-0.39, 0.29) is 6.04 Å². The molecule has 1 atom stereocenters. The molecule has 0 fully saturated rings. The summed E-state index contributed by atoms with van der Waals surface area (Å²) in [6.07, 6.45) is 0. The number of benzene rings is 2. The highest BCUT2D eigenvalue weighted by molar-refractivity contribution is 9.10. The topological polar surface area (TPSA) is 29.3 Å². The fourth-order valence-electron chi connectivity index (χ4n) is 2.64. The number of nitrogens with two attached hydrogens (primary N) is 1. The Morgan fingerprint density at radius 2 is 1.86 bits per heavy atom. The lowest BCUT2D eigenvalue weighted by Gasteiger charge is -2.31. The van der Waals surface area contributed by atoms with Gasteiger partial charge in [-0.05, 0) is 36.2 Å². The molecule has 0 aromatic heterocycles. The Morgan fingerprint density at radius 3 is 2.43 bits per heavy atom. The van der Waals surface area contributed by atoms with Crippen molar-refractivity contribution in [3.63, 3.8) is 0 Å². The molecule has 2 nitrogen and oxygen atoms in total. The zero-order valence-electron chi connectivity index (χ0n) is 12.7. The van der Waals surface area contributed by atoms with Crippen molar-refractivity contribution in [3.8, 4) is 0 Å². The molecule has 2 aromatic carbocycles. The van der Waals surface area contributed by atoms with Gasteiger partial charge in [0.25, 0.3) is 0 Å². The Hall–Kier alpha value is -1.16. The second-order valence-corrected chi connectivity index (χ2v) is 6.18. The molecule has 0 bridgehead atoms. The van der Waals surface area contributed by atoms with Crippen molar-refractivity contribution in [1.29, 1.82) is 0 Å². The van der Waals surface area contributed by atoms with Crippen molar-refractivity contribution in [3.05, 3.63) is 69.7 Å². The number of rotatable bonds is 6. The van der Waals surface area contributed by atoms with Crippen LogP contribution in [-0.4, -0.2) is 18.0 Å². The standard InChI is InChI=1S/C18H23BrN2/c1-3-21(13-15-7-5-4-6-8-15)18(12-20)16-10-9-14(2)11-17(16)19/h4-11,18H,3,12-13,20H2,1-2H3. The van der Waals surface area contributed by atoms with Gasteiger partial charge in [-0.3, -0.25) is 4.90 Å². The van der Waals surface area contributed by atoms with Crippen molar-refractivity contribution in [2.45, 2.75) is 26.4 Å². The van der Waals surface area contributed by atoms with Crippen molar-refractivity contribution in [2.24, 2.45) is 5.73 Å². The zero-order valence-corrected chi connectivity index (χ0v) is 14.3. The minimum atomic E-state index is 0.227. The maximum atomic E-state index is 6.08. The normalized spacial score (nSPS) is 12.6. The first-order chi connectivity index (χ1) is 10.2. The lowest BCUT2D eigenvalue weighted by atomic mass is 10.0. The van der Waals surface area contributed by atoms with Crippen LogP contribution in [0, 0.1) is 6.92 Å². The van der Waals surface area contributed by atoms with E-state index in [1.165, 1.54) is 16.7 Å². The molecule has 0 amide bonds. The van der Waals surface area contributed by atoms with Crippen LogP contribution in [0.25, 0.3) is 0 Å². The van der Waals surface area contributed by atoms with E-state index in [1.54, 1.807) is 0 Å². The third kappa shape index (κ3) is 4.16. The van der Waals surface area contributed by atoms with Crippen LogP contribution in [0.15, 0.2) is 53.0 Å². The molecule has 0 heterocycles. The van der Waals surface area contributed by atoms with Gasteiger partial charge in [0.1, 0.15) is 0 Å². The van der Waals surface area contributed by atoms with Crippen LogP contribution in [0.1, 0.15) is 29.7 Å². The van der Waals surface area contributed by atoms with Crippen molar-refractivity contribution in [2.75, 3.05) is 13.1 Å². The van der Waals surface area contributed by atoms with E-state index in [4.69, 9.17) is 5.73 Å². The molecule has 2 aromatic rings. The summed E-state index contributed by atoms with van der Waals surface area (Å²) in [6.45, 7) is 6.79. The Bertz CT molecular complexity index is 569. The van der Waals surface area contributed by atoms with Crippen molar-refractivity contribution >= 4 is 15.9 Å². The third-order valence-corrected chi connectivity index (χ3v) is 4.50. The molecule has 0 aliphatic heterocycles. The summed E-state index contributed by atoms with van der Waals surface area (Å²) in [5, 5.41) is 0. The summed E-state index contributed by atoms with van der Waals surface area (Å²) in [5.41, 5.74) is 9.92. The van der Waals surface area contributed by atoms with Gasteiger partial charge in [0.2, 0.25) is 0 Å². The van der Waals surface area contributed by atoms with E-state index in [2.05, 4.69) is 83.2 Å². The second kappa shape index (κ2) is 7.74. The van der Waals surface area contributed by atoms with Gasteiger partial charge in [-0.2, -0.15) is 0 Å². The second-order valence-electron chi connectivity index (χ2n) is 5.33. The van der Waals surface area contributed by atoms with Crippen LogP contribution >= 0.6 is 15.9 Å². The summed E-state index contributed by atoms with van der Waals surface area (Å²) in [6, 6.07) is 17.3. The summed E-state index contributed by atoms with van der Waals surface area (Å²) in [7, 11) is 0. The van der Waals surface area contributed by atoms with Gasteiger partial charge in [0.05, 0.1) is 0 Å². The van der Waals surface area contributed by atoms with Gasteiger partial charge in [-0.15, -0.1) is 0 Å². The van der Waals surface area contributed by atoms with Crippen molar-refractivity contribution < 1.29 is 0 Å². The maximum absolute atomic E-state index is 6.08. The van der Waals surface area contributed by atoms with Gasteiger partial charge < -0.3 is 5.73 Å². The fourth-order valence-corrected chi connectivity index (χ4v) is 3.39. The zero-order chi connectivity index (χ0) is 15.2. The molecule has 3 heteroatoms. The van der Waals surface area contributed by atoms with E-state index in [9.17, 15) is 0 Å². The van der Waals surface area contributed by atoms with Crippen LogP contribution in [0.3, 0.4) is 0 Å². The Balaban J connectivity index is 2.25. The molecule has 2 rings (SSSR count). The van der Waals surface area contributed by atoms with E-state index in [1.807, 2.05) is 0 Å². The fraction of sp³-hybridized carbons (Fsp3) is 0.333. The molecular weight excluding hydrogens is 324 g/mol. The van der Waals surface area contributed by atoms with Gasteiger partial charge in [0.15, 0.2) is 0 Å². The quantitative estimate of drug-likeness (QED) is 0.845. The molecule has 2 N–H and O–H groups in total. The highest BCUT2D eigenvalue weighted by atomic mass is 79.9. The number of nitrogens with zero attached hydrogens (tertiary/aromatic N) is 1. The van der Waals surface area contributed by atoms with Crippen molar-refractivity contribution in [1.82, 2.24) is 4.90 Å². The molecule has 0 aliphatic carbocycles. The van der Waals surface area contributed by atoms with Crippen LogP contribution < -0.4 is 5.73 Å². The third-order valence-electron chi connectivity index (χ3n) is 3.81. The van der Waals surface area contributed by atoms with Gasteiger partial charge >= 0.3 is 0 Å². The molecule has 21 heavy (non-hydrogen) atoms. The first kappa shape index (κ1) is 16.2. The predicted molar refractivity (Wildman–Crippen MR) is 93.2 cm³/mol. The lowest BCUT2D eigenvalue weighted by Crippen LogP contribution is -2.33. The molecule has 0 saturated carbocycles. The lowest BCUT2D eigenvalue weighted by molar-refractivity contribution is 0.203. The highest BCUT2D eigenvalue weighted by Crippen LogP contribution is 2.29. The number of hydrogen-bond donors (Lipinski definition) is 1. The average Bonchev–Trinajstić information content (AvgIpc) is 2.49. The molecule has 0 saturated heterocycles. The Labute approximate surface area is 136 Å². The van der Waals surface area contributed by atoms with Crippen LogP contribution in [-0.2, 0) is 6.54 Å². The molecular formula is C18H23BrN2. The summed E-state index contributed by atoms with van der Waals surface area (Å²) in [5.74, 6) is 0. The average molecular weight is 347 g/mol.